The molecule has 1 aromatic carbocycles. The van der Waals surface area contributed by atoms with Crippen molar-refractivity contribution in [3.8, 4) is 5.75 Å². The van der Waals surface area contributed by atoms with Gasteiger partial charge in [0.05, 0.1) is 7.11 Å². The van der Waals surface area contributed by atoms with Gasteiger partial charge >= 0.3 is 0 Å². The first-order valence-corrected chi connectivity index (χ1v) is 12.2. The number of guanidine groups is 1. The summed E-state index contributed by atoms with van der Waals surface area (Å²) in [7, 11) is 1.72. The molecule has 0 radical (unpaired) electrons. The summed E-state index contributed by atoms with van der Waals surface area (Å²) in [6.07, 6.45) is 4.86. The number of benzene rings is 1. The smallest absolute Gasteiger partial charge is 0.191 e. The molecule has 6 nitrogen and oxygen atoms in total. The summed E-state index contributed by atoms with van der Waals surface area (Å²) in [5, 5.41) is 7.16. The Morgan fingerprint density at radius 2 is 1.74 bits per heavy atom. The van der Waals surface area contributed by atoms with Crippen molar-refractivity contribution in [2.75, 3.05) is 46.4 Å². The first-order valence-electron chi connectivity index (χ1n) is 12.2. The van der Waals surface area contributed by atoms with Crippen LogP contribution >= 0.6 is 0 Å². The zero-order valence-electron chi connectivity index (χ0n) is 20.1. The van der Waals surface area contributed by atoms with Gasteiger partial charge in [-0.1, -0.05) is 12.1 Å². The highest BCUT2D eigenvalue weighted by molar-refractivity contribution is 5.80. The van der Waals surface area contributed by atoms with Gasteiger partial charge in [0.15, 0.2) is 5.96 Å². The molecule has 2 saturated heterocycles. The average Bonchev–Trinajstić information content (AvgIpc) is 2.79. The maximum Gasteiger partial charge on any atom is 0.191 e. The van der Waals surface area contributed by atoms with Crippen LogP contribution in [0.5, 0.6) is 5.75 Å². The van der Waals surface area contributed by atoms with Crippen LogP contribution in [0.4, 0.5) is 0 Å². The Hall–Kier alpha value is -1.79. The van der Waals surface area contributed by atoms with Crippen LogP contribution in [-0.2, 0) is 6.54 Å². The van der Waals surface area contributed by atoms with Crippen molar-refractivity contribution in [2.45, 2.75) is 65.1 Å². The summed E-state index contributed by atoms with van der Waals surface area (Å²) in [5.74, 6) is 2.62. The van der Waals surface area contributed by atoms with Gasteiger partial charge in [0, 0.05) is 44.8 Å². The lowest BCUT2D eigenvalue weighted by Crippen LogP contribution is -2.50. The summed E-state index contributed by atoms with van der Waals surface area (Å²) >= 11 is 0. The normalized spacial score (nSPS) is 20.2. The van der Waals surface area contributed by atoms with E-state index in [4.69, 9.17) is 9.73 Å². The minimum Gasteiger partial charge on any atom is -0.497 e. The van der Waals surface area contributed by atoms with Gasteiger partial charge < -0.3 is 20.3 Å². The summed E-state index contributed by atoms with van der Waals surface area (Å²) in [6.45, 7) is 14.3. The monoisotopic (exact) mass is 429 g/mol. The standard InChI is InChI=1S/C25H43N5O/c1-5-26-25(28-23-12-16-30(17-13-23)20(2)3)27-18-21-10-14-29(15-11-21)19-22-6-8-24(31-4)9-7-22/h6-9,20-21,23H,5,10-19H2,1-4H3,(H2,26,27,28). The molecule has 0 saturated carbocycles. The minimum absolute atomic E-state index is 0.541. The Morgan fingerprint density at radius 1 is 1.06 bits per heavy atom. The molecule has 6 heteroatoms. The fourth-order valence-corrected chi connectivity index (χ4v) is 4.61. The molecule has 0 amide bonds. The number of likely N-dealkylation sites (tertiary alicyclic amines) is 2. The predicted octanol–water partition coefficient (Wildman–Crippen LogP) is 3.34. The zero-order valence-corrected chi connectivity index (χ0v) is 20.1. The van der Waals surface area contributed by atoms with E-state index in [1.54, 1.807) is 7.11 Å². The van der Waals surface area contributed by atoms with E-state index in [2.05, 4.69) is 65.5 Å². The summed E-state index contributed by atoms with van der Waals surface area (Å²) in [5.41, 5.74) is 1.36. The number of ether oxygens (including phenoxy) is 1. The lowest BCUT2D eigenvalue weighted by molar-refractivity contribution is 0.167. The molecule has 0 aromatic heterocycles. The topological polar surface area (TPSA) is 52.1 Å². The molecule has 0 atom stereocenters. The number of methoxy groups -OCH3 is 1. The maximum absolute atomic E-state index is 5.26. The molecule has 31 heavy (non-hydrogen) atoms. The molecule has 1 aromatic rings. The second-order valence-corrected chi connectivity index (χ2v) is 9.34. The number of piperidine rings is 2. The first-order chi connectivity index (χ1) is 15.1. The van der Waals surface area contributed by atoms with Crippen LogP contribution in [0, 0.1) is 5.92 Å². The Labute approximate surface area is 189 Å². The summed E-state index contributed by atoms with van der Waals surface area (Å²) < 4.78 is 5.26. The molecule has 174 valence electrons. The lowest BCUT2D eigenvalue weighted by atomic mass is 9.96. The molecule has 3 rings (SSSR count). The second-order valence-electron chi connectivity index (χ2n) is 9.34. The second kappa shape index (κ2) is 12.3. The van der Waals surface area contributed by atoms with E-state index in [0.29, 0.717) is 18.0 Å². The van der Waals surface area contributed by atoms with Crippen LogP contribution in [0.15, 0.2) is 29.3 Å². The highest BCUT2D eigenvalue weighted by Gasteiger charge is 2.22. The third kappa shape index (κ3) is 7.69. The molecule has 2 aliphatic rings. The Kier molecular flexibility index (Phi) is 9.47. The van der Waals surface area contributed by atoms with Gasteiger partial charge in [-0.05, 0) is 83.2 Å². The number of nitrogens with zero attached hydrogens (tertiary/aromatic N) is 3. The quantitative estimate of drug-likeness (QED) is 0.490. The van der Waals surface area contributed by atoms with Crippen LogP contribution in [0.25, 0.3) is 0 Å². The van der Waals surface area contributed by atoms with Crippen LogP contribution in [0.1, 0.15) is 52.0 Å². The lowest BCUT2D eigenvalue weighted by Gasteiger charge is -2.35. The van der Waals surface area contributed by atoms with Crippen LogP contribution < -0.4 is 15.4 Å². The van der Waals surface area contributed by atoms with Crippen molar-refractivity contribution >= 4 is 5.96 Å². The Balaban J connectivity index is 1.41. The number of aliphatic imine (C=N–C) groups is 1. The molecular weight excluding hydrogens is 386 g/mol. The van der Waals surface area contributed by atoms with Gasteiger partial charge in [0.2, 0.25) is 0 Å². The molecule has 0 aliphatic carbocycles. The highest BCUT2D eigenvalue weighted by Crippen LogP contribution is 2.20. The van der Waals surface area contributed by atoms with Crippen LogP contribution in [0.2, 0.25) is 0 Å². The van der Waals surface area contributed by atoms with E-state index in [0.717, 1.165) is 44.4 Å². The largest absolute Gasteiger partial charge is 0.497 e. The molecule has 2 fully saturated rings. The summed E-state index contributed by atoms with van der Waals surface area (Å²) in [4.78, 5) is 10.1. The van der Waals surface area contributed by atoms with E-state index in [9.17, 15) is 0 Å². The van der Waals surface area contributed by atoms with Gasteiger partial charge in [0.1, 0.15) is 5.75 Å². The molecular formula is C25H43N5O. The fraction of sp³-hybridized carbons (Fsp3) is 0.720. The zero-order chi connectivity index (χ0) is 22.1. The van der Waals surface area contributed by atoms with Crippen molar-refractivity contribution < 1.29 is 4.74 Å². The SMILES string of the molecule is CCNC(=NCC1CCN(Cc2ccc(OC)cc2)CC1)NC1CCN(C(C)C)CC1. The van der Waals surface area contributed by atoms with Crippen LogP contribution in [-0.4, -0.2) is 74.2 Å². The fourth-order valence-electron chi connectivity index (χ4n) is 4.61. The average molecular weight is 430 g/mol. The van der Waals surface area contributed by atoms with Gasteiger partial charge in [-0.15, -0.1) is 0 Å². The number of rotatable bonds is 8. The van der Waals surface area contributed by atoms with Crippen molar-refractivity contribution in [3.05, 3.63) is 29.8 Å². The molecule has 0 spiro atoms. The third-order valence-corrected chi connectivity index (χ3v) is 6.72. The van der Waals surface area contributed by atoms with Crippen molar-refractivity contribution in [3.63, 3.8) is 0 Å². The number of nitrogens with one attached hydrogen (secondary N) is 2. The van der Waals surface area contributed by atoms with Crippen molar-refractivity contribution in [1.82, 2.24) is 20.4 Å². The van der Waals surface area contributed by atoms with Crippen molar-refractivity contribution in [1.29, 1.82) is 0 Å². The Bertz CT molecular complexity index is 659. The van der Waals surface area contributed by atoms with E-state index in [-0.39, 0.29) is 0 Å². The van der Waals surface area contributed by atoms with E-state index in [1.807, 2.05) is 0 Å². The first kappa shape index (κ1) is 23.9. The van der Waals surface area contributed by atoms with Gasteiger partial charge in [-0.2, -0.15) is 0 Å². The van der Waals surface area contributed by atoms with Gasteiger partial charge in [0.25, 0.3) is 0 Å². The molecule has 2 N–H and O–H groups in total. The van der Waals surface area contributed by atoms with E-state index < -0.39 is 0 Å². The van der Waals surface area contributed by atoms with Gasteiger partial charge in [-0.25, -0.2) is 0 Å². The number of hydrogen-bond donors (Lipinski definition) is 2. The van der Waals surface area contributed by atoms with Crippen molar-refractivity contribution in [2.24, 2.45) is 10.9 Å². The Morgan fingerprint density at radius 3 is 2.32 bits per heavy atom. The van der Waals surface area contributed by atoms with Gasteiger partial charge in [-0.3, -0.25) is 9.89 Å². The highest BCUT2D eigenvalue weighted by atomic mass is 16.5. The molecule has 0 unspecified atom stereocenters. The minimum atomic E-state index is 0.541. The van der Waals surface area contributed by atoms with E-state index >= 15 is 0 Å². The van der Waals surface area contributed by atoms with Crippen LogP contribution in [0.3, 0.4) is 0 Å². The third-order valence-electron chi connectivity index (χ3n) is 6.72. The molecule has 2 heterocycles. The van der Waals surface area contributed by atoms with E-state index in [1.165, 1.54) is 44.3 Å². The molecule has 2 aliphatic heterocycles. The summed E-state index contributed by atoms with van der Waals surface area (Å²) in [6, 6.07) is 9.65. The molecule has 0 bridgehead atoms. The predicted molar refractivity (Wildman–Crippen MR) is 130 cm³/mol. The maximum atomic E-state index is 5.26. The number of hydrogen-bond acceptors (Lipinski definition) is 4.